The van der Waals surface area contributed by atoms with Crippen LogP contribution in [0.1, 0.15) is 37.6 Å². The first-order valence-electron chi connectivity index (χ1n) is 6.48. The summed E-state index contributed by atoms with van der Waals surface area (Å²) < 4.78 is 5.07. The average Bonchev–Trinajstić information content (AvgIpc) is 2.36. The number of rotatable bonds is 5. The fraction of sp³-hybridized carbons (Fsp3) is 0.333. The van der Waals surface area contributed by atoms with Gasteiger partial charge in [0.05, 0.1) is 6.42 Å². The number of amides is 1. The number of benzene rings is 1. The molecule has 0 fully saturated rings. The van der Waals surface area contributed by atoms with Gasteiger partial charge in [-0.15, -0.1) is 0 Å². The molecular weight excluding hydrogens is 290 g/mol. The predicted molar refractivity (Wildman–Crippen MR) is 77.9 cm³/mol. The van der Waals surface area contributed by atoms with Crippen molar-refractivity contribution < 1.29 is 29.0 Å². The Morgan fingerprint density at radius 3 is 2.36 bits per heavy atom. The molecule has 1 aromatic carbocycles. The average molecular weight is 307 g/mol. The standard InChI is InChI=1S/C15H17NO6/c1-15(2,3)22-14(21)16-10-6-4-5-9(7-10)11(17)8-12(18)13(19)20/h4-7H,8H2,1-3H3,(H,16,21)(H,19,20). The van der Waals surface area contributed by atoms with Gasteiger partial charge in [-0.25, -0.2) is 9.59 Å². The van der Waals surface area contributed by atoms with Crippen molar-refractivity contribution in [1.82, 2.24) is 0 Å². The van der Waals surface area contributed by atoms with E-state index in [1.54, 1.807) is 26.8 Å². The lowest BCUT2D eigenvalue weighted by Crippen LogP contribution is -2.27. The van der Waals surface area contributed by atoms with E-state index >= 15 is 0 Å². The van der Waals surface area contributed by atoms with Crippen molar-refractivity contribution in [2.24, 2.45) is 0 Å². The Hall–Kier alpha value is -2.70. The highest BCUT2D eigenvalue weighted by molar-refractivity contribution is 6.37. The molecule has 0 unspecified atom stereocenters. The van der Waals surface area contributed by atoms with Crippen LogP contribution in [-0.2, 0) is 14.3 Å². The molecule has 7 heteroatoms. The van der Waals surface area contributed by atoms with Crippen LogP contribution in [0, 0.1) is 0 Å². The summed E-state index contributed by atoms with van der Waals surface area (Å²) in [5.74, 6) is -3.48. The summed E-state index contributed by atoms with van der Waals surface area (Å²) in [5.41, 5.74) is -0.225. The number of ketones is 2. The van der Waals surface area contributed by atoms with E-state index in [0.717, 1.165) is 0 Å². The Labute approximate surface area is 127 Å². The monoisotopic (exact) mass is 307 g/mol. The largest absolute Gasteiger partial charge is 0.475 e. The third kappa shape index (κ3) is 5.74. The number of carboxylic acids is 1. The molecule has 1 amide bonds. The minimum Gasteiger partial charge on any atom is -0.475 e. The number of hydrogen-bond acceptors (Lipinski definition) is 5. The normalized spacial score (nSPS) is 10.7. The number of carboxylic acid groups (broad SMARTS) is 1. The minimum absolute atomic E-state index is 0.128. The van der Waals surface area contributed by atoms with Gasteiger partial charge in [-0.05, 0) is 32.9 Å². The minimum atomic E-state index is -1.66. The quantitative estimate of drug-likeness (QED) is 0.490. The topological polar surface area (TPSA) is 110 Å². The molecule has 0 aliphatic rings. The Bertz CT molecular complexity index is 615. The zero-order valence-corrected chi connectivity index (χ0v) is 12.5. The molecule has 2 N–H and O–H groups in total. The first-order valence-corrected chi connectivity index (χ1v) is 6.48. The fourth-order valence-electron chi connectivity index (χ4n) is 1.52. The predicted octanol–water partition coefficient (Wildman–Crippen LogP) is 2.26. The fourth-order valence-corrected chi connectivity index (χ4v) is 1.52. The molecule has 0 heterocycles. The molecule has 0 radical (unpaired) electrons. The van der Waals surface area contributed by atoms with E-state index < -0.39 is 35.7 Å². The van der Waals surface area contributed by atoms with Crippen LogP contribution in [0.15, 0.2) is 24.3 Å². The SMILES string of the molecule is CC(C)(C)OC(=O)Nc1cccc(C(=O)CC(=O)C(=O)O)c1. The molecule has 1 rings (SSSR count). The summed E-state index contributed by atoms with van der Waals surface area (Å²) in [6, 6.07) is 5.82. The highest BCUT2D eigenvalue weighted by atomic mass is 16.6. The number of nitrogens with one attached hydrogen (secondary N) is 1. The number of ether oxygens (including phenoxy) is 1. The van der Waals surface area contributed by atoms with Crippen LogP contribution in [0.25, 0.3) is 0 Å². The number of Topliss-reactive ketones (excluding diaryl/α,β-unsaturated/α-hetero) is 2. The van der Waals surface area contributed by atoms with Gasteiger partial charge in [-0.1, -0.05) is 12.1 Å². The third-order valence-electron chi connectivity index (χ3n) is 2.39. The van der Waals surface area contributed by atoms with Crippen LogP contribution in [0.5, 0.6) is 0 Å². The summed E-state index contributed by atoms with van der Waals surface area (Å²) in [5, 5.41) is 10.9. The van der Waals surface area contributed by atoms with Gasteiger partial charge < -0.3 is 9.84 Å². The van der Waals surface area contributed by atoms with Gasteiger partial charge in [0, 0.05) is 11.3 Å². The van der Waals surface area contributed by atoms with Crippen LogP contribution >= 0.6 is 0 Å². The zero-order valence-electron chi connectivity index (χ0n) is 12.5. The number of carbonyl (C=O) groups excluding carboxylic acids is 3. The van der Waals surface area contributed by atoms with Crippen molar-refractivity contribution in [2.75, 3.05) is 5.32 Å². The summed E-state index contributed by atoms with van der Waals surface area (Å²) in [4.78, 5) is 44.9. The molecule has 0 spiro atoms. The molecule has 0 bridgehead atoms. The lowest BCUT2D eigenvalue weighted by atomic mass is 10.1. The Morgan fingerprint density at radius 1 is 1.18 bits per heavy atom. The smallest absolute Gasteiger partial charge is 0.412 e. The number of aliphatic carboxylic acids is 1. The first-order chi connectivity index (χ1) is 10.1. The van der Waals surface area contributed by atoms with Gasteiger partial charge in [0.25, 0.3) is 0 Å². The van der Waals surface area contributed by atoms with Crippen molar-refractivity contribution in [3.8, 4) is 0 Å². The van der Waals surface area contributed by atoms with Crippen molar-refractivity contribution in [1.29, 1.82) is 0 Å². The van der Waals surface area contributed by atoms with Crippen molar-refractivity contribution in [3.63, 3.8) is 0 Å². The van der Waals surface area contributed by atoms with Gasteiger partial charge >= 0.3 is 12.1 Å². The van der Waals surface area contributed by atoms with E-state index in [1.165, 1.54) is 18.2 Å². The summed E-state index contributed by atoms with van der Waals surface area (Å²) >= 11 is 0. The van der Waals surface area contributed by atoms with E-state index in [1.807, 2.05) is 0 Å². The van der Waals surface area contributed by atoms with E-state index in [0.29, 0.717) is 5.69 Å². The van der Waals surface area contributed by atoms with E-state index in [9.17, 15) is 19.2 Å². The van der Waals surface area contributed by atoms with Crippen LogP contribution < -0.4 is 5.32 Å². The number of anilines is 1. The molecule has 0 atom stereocenters. The second-order valence-electron chi connectivity index (χ2n) is 5.54. The van der Waals surface area contributed by atoms with Gasteiger partial charge in [0.15, 0.2) is 5.78 Å². The second-order valence-corrected chi connectivity index (χ2v) is 5.54. The summed E-state index contributed by atoms with van der Waals surface area (Å²) in [7, 11) is 0. The van der Waals surface area contributed by atoms with E-state index in [4.69, 9.17) is 9.84 Å². The van der Waals surface area contributed by atoms with Gasteiger partial charge in [-0.3, -0.25) is 14.9 Å². The van der Waals surface area contributed by atoms with Gasteiger partial charge in [0.2, 0.25) is 5.78 Å². The highest BCUT2D eigenvalue weighted by Crippen LogP contribution is 2.15. The van der Waals surface area contributed by atoms with E-state index in [2.05, 4.69) is 5.32 Å². The lowest BCUT2D eigenvalue weighted by molar-refractivity contribution is -0.148. The van der Waals surface area contributed by atoms with E-state index in [-0.39, 0.29) is 5.56 Å². The highest BCUT2D eigenvalue weighted by Gasteiger charge is 2.19. The molecule has 0 saturated carbocycles. The molecule has 7 nitrogen and oxygen atoms in total. The Balaban J connectivity index is 2.78. The molecule has 0 aliphatic carbocycles. The van der Waals surface area contributed by atoms with Crippen LogP contribution in [-0.4, -0.2) is 34.3 Å². The molecule has 1 aromatic rings. The molecule has 0 aromatic heterocycles. The summed E-state index contributed by atoms with van der Waals surface area (Å²) in [6.07, 6.45) is -1.41. The molecule has 0 aliphatic heterocycles. The van der Waals surface area contributed by atoms with Crippen molar-refractivity contribution in [3.05, 3.63) is 29.8 Å². The van der Waals surface area contributed by atoms with Crippen molar-refractivity contribution in [2.45, 2.75) is 32.8 Å². The summed E-state index contributed by atoms with van der Waals surface area (Å²) in [6.45, 7) is 5.14. The molecule has 22 heavy (non-hydrogen) atoms. The van der Waals surface area contributed by atoms with Gasteiger partial charge in [0.1, 0.15) is 5.60 Å². The number of hydrogen-bond donors (Lipinski definition) is 2. The zero-order chi connectivity index (χ0) is 16.9. The van der Waals surface area contributed by atoms with Crippen LogP contribution in [0.2, 0.25) is 0 Å². The van der Waals surface area contributed by atoms with Crippen molar-refractivity contribution >= 4 is 29.3 Å². The second kappa shape index (κ2) is 6.84. The molecule has 118 valence electrons. The molecule has 0 saturated heterocycles. The van der Waals surface area contributed by atoms with Crippen LogP contribution in [0.4, 0.5) is 10.5 Å². The maximum absolute atomic E-state index is 11.8. The Morgan fingerprint density at radius 2 is 1.82 bits per heavy atom. The third-order valence-corrected chi connectivity index (χ3v) is 2.39. The van der Waals surface area contributed by atoms with Gasteiger partial charge in [-0.2, -0.15) is 0 Å². The maximum atomic E-state index is 11.8. The lowest BCUT2D eigenvalue weighted by Gasteiger charge is -2.19. The molecular formula is C15H17NO6. The van der Waals surface area contributed by atoms with Crippen LogP contribution in [0.3, 0.4) is 0 Å². The number of carbonyl (C=O) groups is 4. The first kappa shape index (κ1) is 17.4. The maximum Gasteiger partial charge on any atom is 0.412 e. The Kier molecular flexibility index (Phi) is 5.39.